The van der Waals surface area contributed by atoms with E-state index in [1.54, 1.807) is 0 Å². The van der Waals surface area contributed by atoms with Crippen LogP contribution in [-0.4, -0.2) is 24.5 Å². The third kappa shape index (κ3) is 12.8. The van der Waals surface area contributed by atoms with Gasteiger partial charge in [0, 0.05) is 12.4 Å². The molecule has 2 rings (SSSR count). The van der Waals surface area contributed by atoms with Crippen LogP contribution in [0.15, 0.2) is 30.7 Å². The molecule has 0 fully saturated rings. The average Bonchev–Trinajstić information content (AvgIpc) is 2.87. The van der Waals surface area contributed by atoms with Crippen LogP contribution >= 0.6 is 0 Å². The van der Waals surface area contributed by atoms with Gasteiger partial charge in [0.15, 0.2) is 0 Å². The Morgan fingerprint density at radius 3 is 2.11 bits per heavy atom. The zero-order valence-corrected chi connectivity index (χ0v) is 24.8. The maximum atomic E-state index is 4.75. The summed E-state index contributed by atoms with van der Waals surface area (Å²) in [5.74, 6) is 1.77. The Morgan fingerprint density at radius 1 is 0.714 bits per heavy atom. The van der Waals surface area contributed by atoms with E-state index in [0.717, 1.165) is 35.3 Å². The number of hydrogen-bond donors (Lipinski definition) is 0. The lowest BCUT2D eigenvalue weighted by molar-refractivity contribution is 0.400. The first-order chi connectivity index (χ1) is 17.1. The first-order valence-electron chi connectivity index (χ1n) is 14.9. The van der Waals surface area contributed by atoms with Gasteiger partial charge >= 0.3 is 0 Å². The Hall–Kier alpha value is -1.55. The smallest absolute Gasteiger partial charge is 0.107 e. The highest BCUT2D eigenvalue weighted by atomic mass is 28.2. The van der Waals surface area contributed by atoms with Crippen molar-refractivity contribution in [3.63, 3.8) is 0 Å². The van der Waals surface area contributed by atoms with Gasteiger partial charge in [0.25, 0.3) is 0 Å². The van der Waals surface area contributed by atoms with E-state index >= 15 is 0 Å². The third-order valence-electron chi connectivity index (χ3n) is 7.46. The molecule has 0 saturated heterocycles. The van der Waals surface area contributed by atoms with E-state index in [2.05, 4.69) is 39.8 Å². The number of unbranched alkanes of at least 4 members (excludes halogenated alkanes) is 6. The highest BCUT2D eigenvalue weighted by molar-refractivity contribution is 6.55. The molecular weight excluding hydrogens is 442 g/mol. The Balaban J connectivity index is 1.70. The predicted molar refractivity (Wildman–Crippen MR) is 156 cm³/mol. The first kappa shape index (κ1) is 29.7. The number of aromatic nitrogens is 3. The van der Waals surface area contributed by atoms with Crippen LogP contribution in [0.3, 0.4) is 0 Å². The van der Waals surface area contributed by atoms with Crippen LogP contribution in [0, 0.1) is 11.8 Å². The second-order valence-corrected chi connectivity index (χ2v) is 12.9. The zero-order chi connectivity index (χ0) is 25.1. The summed E-state index contributed by atoms with van der Waals surface area (Å²) in [6.45, 7) is 9.47. The second kappa shape index (κ2) is 18.7. The Kier molecular flexibility index (Phi) is 15.8. The number of rotatable bonds is 20. The van der Waals surface area contributed by atoms with E-state index in [0.29, 0.717) is 0 Å². The molecule has 0 radical (unpaired) electrons. The van der Waals surface area contributed by atoms with Crippen molar-refractivity contribution >= 4 is 14.7 Å². The molecule has 2 aromatic rings. The van der Waals surface area contributed by atoms with E-state index < -0.39 is 0 Å². The van der Waals surface area contributed by atoms with E-state index in [-0.39, 0.29) is 9.52 Å². The van der Waals surface area contributed by atoms with Crippen molar-refractivity contribution < 1.29 is 0 Å². The molecule has 0 aliphatic carbocycles. The molecule has 0 aromatic carbocycles. The molecule has 0 bridgehead atoms. The standard InChI is InChI=1S/C31H53N3Si/c1-5-7-9-10-12-20-28-24-34-29(25-33-28)31-30(21-14-22-32-31)35-23-15-19-27(4)18-13-17-26(3)16-11-8-6-2/h14,21-22,24-27H,5-13,15-20,23,35H2,1-4H3. The van der Waals surface area contributed by atoms with E-state index in [9.17, 15) is 0 Å². The summed E-state index contributed by atoms with van der Waals surface area (Å²) in [5, 5.41) is 1.45. The fourth-order valence-electron chi connectivity index (χ4n) is 5.04. The molecule has 0 N–H and O–H groups in total. The minimum atomic E-state index is -0.333. The van der Waals surface area contributed by atoms with Crippen LogP contribution in [0.25, 0.3) is 11.4 Å². The van der Waals surface area contributed by atoms with Gasteiger partial charge in [-0.1, -0.05) is 123 Å². The molecule has 4 heteroatoms. The quantitative estimate of drug-likeness (QED) is 0.138. The summed E-state index contributed by atoms with van der Waals surface area (Å²) < 4.78 is 0. The van der Waals surface area contributed by atoms with Crippen LogP contribution in [0.2, 0.25) is 6.04 Å². The first-order valence-corrected chi connectivity index (χ1v) is 16.6. The topological polar surface area (TPSA) is 38.7 Å². The van der Waals surface area contributed by atoms with Crippen molar-refractivity contribution in [2.24, 2.45) is 11.8 Å². The number of hydrogen-bond acceptors (Lipinski definition) is 3. The molecule has 0 amide bonds. The maximum absolute atomic E-state index is 4.75. The summed E-state index contributed by atoms with van der Waals surface area (Å²) in [6, 6.07) is 5.73. The van der Waals surface area contributed by atoms with Gasteiger partial charge < -0.3 is 0 Å². The van der Waals surface area contributed by atoms with Crippen LogP contribution in [0.5, 0.6) is 0 Å². The molecule has 3 nitrogen and oxygen atoms in total. The van der Waals surface area contributed by atoms with Gasteiger partial charge in [-0.05, 0) is 35.9 Å². The molecule has 0 spiro atoms. The Bertz CT molecular complexity index is 777. The van der Waals surface area contributed by atoms with Crippen molar-refractivity contribution in [2.45, 2.75) is 130 Å². The Labute approximate surface area is 219 Å². The third-order valence-corrected chi connectivity index (χ3v) is 9.43. The van der Waals surface area contributed by atoms with Crippen LogP contribution in [-0.2, 0) is 6.42 Å². The van der Waals surface area contributed by atoms with Crippen molar-refractivity contribution in [1.82, 2.24) is 15.0 Å². The van der Waals surface area contributed by atoms with Crippen LogP contribution < -0.4 is 5.19 Å². The molecular formula is C31H53N3Si. The highest BCUT2D eigenvalue weighted by Gasteiger charge is 2.10. The second-order valence-electron chi connectivity index (χ2n) is 11.0. The SMILES string of the molecule is CCCCCCCc1cnc(-c2ncccc2[SiH2]CCCC(C)CCCC(C)CCCCC)cn1. The van der Waals surface area contributed by atoms with Gasteiger partial charge in [0.05, 0.1) is 27.1 Å². The van der Waals surface area contributed by atoms with E-state index in [4.69, 9.17) is 15.0 Å². The fourth-order valence-corrected chi connectivity index (χ4v) is 6.77. The van der Waals surface area contributed by atoms with E-state index in [1.807, 2.05) is 18.6 Å². The highest BCUT2D eigenvalue weighted by Crippen LogP contribution is 2.21. The lowest BCUT2D eigenvalue weighted by Crippen LogP contribution is -2.18. The van der Waals surface area contributed by atoms with Crippen molar-refractivity contribution in [3.05, 3.63) is 36.4 Å². The van der Waals surface area contributed by atoms with Gasteiger partial charge in [0.2, 0.25) is 0 Å². The summed E-state index contributed by atoms with van der Waals surface area (Å²) in [6.07, 6.45) is 25.9. The minimum absolute atomic E-state index is 0.333. The zero-order valence-electron chi connectivity index (χ0n) is 23.4. The number of nitrogens with zero attached hydrogens (tertiary/aromatic N) is 3. The van der Waals surface area contributed by atoms with Gasteiger partial charge in [-0.15, -0.1) is 0 Å². The Morgan fingerprint density at radius 2 is 1.40 bits per heavy atom. The average molecular weight is 496 g/mol. The summed E-state index contributed by atoms with van der Waals surface area (Å²) in [7, 11) is -0.333. The van der Waals surface area contributed by atoms with Crippen LogP contribution in [0.1, 0.15) is 123 Å². The normalized spacial score (nSPS) is 13.5. The van der Waals surface area contributed by atoms with Crippen molar-refractivity contribution in [2.75, 3.05) is 0 Å². The summed E-state index contributed by atoms with van der Waals surface area (Å²) >= 11 is 0. The lowest BCUT2D eigenvalue weighted by atomic mass is 9.93. The number of pyridine rings is 1. The number of aryl methyl sites for hydroxylation is 1. The largest absolute Gasteiger partial charge is 0.257 e. The summed E-state index contributed by atoms with van der Waals surface area (Å²) in [5.41, 5.74) is 3.14. The summed E-state index contributed by atoms with van der Waals surface area (Å²) in [4.78, 5) is 14.2. The van der Waals surface area contributed by atoms with Gasteiger partial charge in [-0.3, -0.25) is 15.0 Å². The van der Waals surface area contributed by atoms with Crippen LogP contribution in [0.4, 0.5) is 0 Å². The van der Waals surface area contributed by atoms with Crippen molar-refractivity contribution in [1.29, 1.82) is 0 Å². The van der Waals surface area contributed by atoms with Gasteiger partial charge in [-0.2, -0.15) is 0 Å². The molecule has 2 aromatic heterocycles. The molecule has 2 heterocycles. The minimum Gasteiger partial charge on any atom is -0.257 e. The molecule has 196 valence electrons. The molecule has 2 atom stereocenters. The van der Waals surface area contributed by atoms with Gasteiger partial charge in [-0.25, -0.2) is 0 Å². The molecule has 0 aliphatic heterocycles. The predicted octanol–water partition coefficient (Wildman–Crippen LogP) is 8.07. The van der Waals surface area contributed by atoms with Crippen molar-refractivity contribution in [3.8, 4) is 11.4 Å². The monoisotopic (exact) mass is 495 g/mol. The fraction of sp³-hybridized carbons (Fsp3) is 0.710. The lowest BCUT2D eigenvalue weighted by Gasteiger charge is -2.14. The molecule has 0 saturated carbocycles. The maximum Gasteiger partial charge on any atom is 0.107 e. The molecule has 0 aliphatic rings. The van der Waals surface area contributed by atoms with Gasteiger partial charge in [0.1, 0.15) is 5.69 Å². The molecule has 35 heavy (non-hydrogen) atoms. The van der Waals surface area contributed by atoms with E-state index in [1.165, 1.54) is 101 Å². The molecule has 2 unspecified atom stereocenters.